The van der Waals surface area contributed by atoms with Crippen molar-refractivity contribution >= 4 is 18.2 Å². The average molecular weight is 350 g/mol. The van der Waals surface area contributed by atoms with Crippen molar-refractivity contribution in [1.29, 1.82) is 0 Å². The lowest BCUT2D eigenvalue weighted by Crippen LogP contribution is -2.49. The molecule has 0 radical (unpaired) electrons. The predicted octanol–water partition coefficient (Wildman–Crippen LogP) is 3.45. The Morgan fingerprint density at radius 2 is 1.92 bits per heavy atom. The minimum Gasteiger partial charge on any atom is -0.481 e. The van der Waals surface area contributed by atoms with Crippen molar-refractivity contribution in [2.24, 2.45) is 35.0 Å². The Morgan fingerprint density at radius 3 is 2.56 bits per heavy atom. The van der Waals surface area contributed by atoms with Gasteiger partial charge < -0.3 is 14.6 Å². The van der Waals surface area contributed by atoms with E-state index in [-0.39, 0.29) is 35.7 Å². The first-order valence-corrected chi connectivity index (χ1v) is 9.69. The third-order valence-corrected chi connectivity index (χ3v) is 7.55. The Labute approximate surface area is 149 Å². The third kappa shape index (κ3) is 3.34. The molecular formula is C20H30O5. The molecule has 3 aliphatic carbocycles. The topological polar surface area (TPSA) is 80.7 Å². The summed E-state index contributed by atoms with van der Waals surface area (Å²) < 4.78 is 5.64. The Morgan fingerprint density at radius 1 is 1.16 bits per heavy atom. The number of fused-ring (bicyclic) bond motifs is 3. The number of carbonyl (C=O) groups is 3. The highest BCUT2D eigenvalue weighted by Crippen LogP contribution is 2.62. The summed E-state index contributed by atoms with van der Waals surface area (Å²) in [6, 6.07) is 0. The molecule has 5 nitrogen and oxygen atoms in total. The van der Waals surface area contributed by atoms with Gasteiger partial charge in [0.15, 0.2) is 0 Å². The molecular weight excluding hydrogens is 320 g/mol. The molecule has 1 N–H and O–H groups in total. The standard InChI is InChI=1S/C20H30O5/c1-12(22)25-18-6-5-17-16-4-3-13(11-19(23)24)14(8-10-21)15(16)7-9-20(17,18)2/h10,13-18H,3-9,11H2,1-2H3,(H,23,24)/t13-,14-,15+,16+,17-,18-,20-/m0/s1. The molecule has 3 fully saturated rings. The molecule has 0 saturated heterocycles. The number of carbonyl (C=O) groups excluding carboxylic acids is 2. The molecule has 3 aliphatic rings. The molecule has 140 valence electrons. The van der Waals surface area contributed by atoms with Crippen LogP contribution >= 0.6 is 0 Å². The molecule has 0 unspecified atom stereocenters. The number of carboxylic acids is 1. The number of rotatable bonds is 5. The fourth-order valence-corrected chi connectivity index (χ4v) is 6.54. The summed E-state index contributed by atoms with van der Waals surface area (Å²) in [5.74, 6) is 0.875. The van der Waals surface area contributed by atoms with Crippen molar-refractivity contribution in [1.82, 2.24) is 0 Å². The van der Waals surface area contributed by atoms with Gasteiger partial charge in [-0.25, -0.2) is 0 Å². The van der Waals surface area contributed by atoms with E-state index in [0.717, 1.165) is 44.8 Å². The first-order chi connectivity index (χ1) is 11.9. The summed E-state index contributed by atoms with van der Waals surface area (Å²) in [6.07, 6.45) is 7.63. The molecule has 5 heteroatoms. The van der Waals surface area contributed by atoms with Gasteiger partial charge in [0.25, 0.3) is 0 Å². The molecule has 0 aromatic rings. The van der Waals surface area contributed by atoms with Crippen LogP contribution in [-0.4, -0.2) is 29.4 Å². The van der Waals surface area contributed by atoms with E-state index in [1.807, 2.05) is 0 Å². The van der Waals surface area contributed by atoms with Crippen LogP contribution in [0, 0.1) is 35.0 Å². The number of ether oxygens (including phenoxy) is 1. The molecule has 0 bridgehead atoms. The van der Waals surface area contributed by atoms with Crippen molar-refractivity contribution in [2.45, 2.75) is 71.3 Å². The average Bonchev–Trinajstić information content (AvgIpc) is 2.85. The molecule has 0 heterocycles. The zero-order valence-electron chi connectivity index (χ0n) is 15.3. The lowest BCUT2D eigenvalue weighted by atomic mass is 9.51. The summed E-state index contributed by atoms with van der Waals surface area (Å²) in [6.45, 7) is 3.76. The summed E-state index contributed by atoms with van der Waals surface area (Å²) >= 11 is 0. The number of esters is 1. The predicted molar refractivity (Wildman–Crippen MR) is 91.7 cm³/mol. The normalized spacial score (nSPS) is 43.0. The summed E-state index contributed by atoms with van der Waals surface area (Å²) in [7, 11) is 0. The van der Waals surface area contributed by atoms with Crippen molar-refractivity contribution < 1.29 is 24.2 Å². The molecule has 25 heavy (non-hydrogen) atoms. The van der Waals surface area contributed by atoms with Gasteiger partial charge >= 0.3 is 11.9 Å². The monoisotopic (exact) mass is 350 g/mol. The van der Waals surface area contributed by atoms with Crippen molar-refractivity contribution in [3.05, 3.63) is 0 Å². The molecule has 7 atom stereocenters. The maximum atomic E-state index is 11.5. The smallest absolute Gasteiger partial charge is 0.303 e. The molecule has 3 saturated carbocycles. The maximum absolute atomic E-state index is 11.5. The zero-order chi connectivity index (χ0) is 18.2. The van der Waals surface area contributed by atoms with Crippen LogP contribution in [0.4, 0.5) is 0 Å². The lowest BCUT2D eigenvalue weighted by molar-refractivity contribution is -0.157. The summed E-state index contributed by atoms with van der Waals surface area (Å²) in [5.41, 5.74) is 0.0399. The molecule has 0 aromatic carbocycles. The largest absolute Gasteiger partial charge is 0.481 e. The van der Waals surface area contributed by atoms with E-state index < -0.39 is 5.97 Å². The van der Waals surface area contributed by atoms with Gasteiger partial charge in [-0.1, -0.05) is 6.92 Å². The fourth-order valence-electron chi connectivity index (χ4n) is 6.54. The first-order valence-electron chi connectivity index (χ1n) is 9.69. The Balaban J connectivity index is 1.79. The summed E-state index contributed by atoms with van der Waals surface area (Å²) in [4.78, 5) is 33.9. The van der Waals surface area contributed by atoms with Gasteiger partial charge in [-0.3, -0.25) is 9.59 Å². The Bertz CT molecular complexity index is 544. The highest BCUT2D eigenvalue weighted by molar-refractivity contribution is 5.67. The van der Waals surface area contributed by atoms with Gasteiger partial charge in [0, 0.05) is 25.2 Å². The Kier molecular flexibility index (Phi) is 5.21. The number of aldehydes is 1. The van der Waals surface area contributed by atoms with E-state index in [1.54, 1.807) is 0 Å². The van der Waals surface area contributed by atoms with Gasteiger partial charge in [-0.15, -0.1) is 0 Å². The first kappa shape index (κ1) is 18.4. The summed E-state index contributed by atoms with van der Waals surface area (Å²) in [5, 5.41) is 9.22. The van der Waals surface area contributed by atoms with Gasteiger partial charge in [-0.05, 0) is 68.1 Å². The highest BCUT2D eigenvalue weighted by atomic mass is 16.5. The number of hydrogen-bond donors (Lipinski definition) is 1. The van der Waals surface area contributed by atoms with E-state index in [1.165, 1.54) is 6.92 Å². The van der Waals surface area contributed by atoms with Gasteiger partial charge in [-0.2, -0.15) is 0 Å². The Hall–Kier alpha value is -1.39. The second-order valence-electron chi connectivity index (χ2n) is 8.66. The van der Waals surface area contributed by atoms with Crippen LogP contribution in [0.5, 0.6) is 0 Å². The quantitative estimate of drug-likeness (QED) is 0.607. The van der Waals surface area contributed by atoms with Gasteiger partial charge in [0.1, 0.15) is 12.4 Å². The van der Waals surface area contributed by atoms with E-state index in [9.17, 15) is 19.5 Å². The number of aliphatic carboxylic acids is 1. The lowest BCUT2D eigenvalue weighted by Gasteiger charge is -2.54. The van der Waals surface area contributed by atoms with E-state index in [2.05, 4.69) is 6.92 Å². The molecule has 0 aromatic heterocycles. The molecule has 0 spiro atoms. The van der Waals surface area contributed by atoms with E-state index >= 15 is 0 Å². The minimum absolute atomic E-state index is 0.0113. The van der Waals surface area contributed by atoms with Crippen LogP contribution < -0.4 is 0 Å². The van der Waals surface area contributed by atoms with Crippen molar-refractivity contribution in [3.63, 3.8) is 0 Å². The van der Waals surface area contributed by atoms with Crippen LogP contribution in [0.2, 0.25) is 0 Å². The van der Waals surface area contributed by atoms with Crippen LogP contribution in [-0.2, 0) is 19.1 Å². The second kappa shape index (κ2) is 7.08. The molecule has 0 amide bonds. The SMILES string of the molecule is CC(=O)O[C@H]1CC[C@H]2[C@@H]3CC[C@@H](CC(=O)O)[C@H](CC=O)[C@H]3CC[C@]12C. The molecule has 0 aliphatic heterocycles. The van der Waals surface area contributed by atoms with Crippen molar-refractivity contribution in [3.8, 4) is 0 Å². The van der Waals surface area contributed by atoms with Gasteiger partial charge in [0.2, 0.25) is 0 Å². The highest BCUT2D eigenvalue weighted by Gasteiger charge is 2.57. The number of hydrogen-bond acceptors (Lipinski definition) is 4. The minimum atomic E-state index is -0.754. The number of carboxylic acid groups (broad SMARTS) is 1. The van der Waals surface area contributed by atoms with E-state index in [4.69, 9.17) is 4.74 Å². The fraction of sp³-hybridized carbons (Fsp3) is 0.850. The van der Waals surface area contributed by atoms with Crippen LogP contribution in [0.15, 0.2) is 0 Å². The maximum Gasteiger partial charge on any atom is 0.303 e. The van der Waals surface area contributed by atoms with Crippen LogP contribution in [0.25, 0.3) is 0 Å². The van der Waals surface area contributed by atoms with Crippen LogP contribution in [0.1, 0.15) is 65.2 Å². The van der Waals surface area contributed by atoms with Crippen molar-refractivity contribution in [2.75, 3.05) is 0 Å². The molecule has 3 rings (SSSR count). The van der Waals surface area contributed by atoms with E-state index in [0.29, 0.717) is 24.2 Å². The third-order valence-electron chi connectivity index (χ3n) is 7.55. The van der Waals surface area contributed by atoms with Crippen LogP contribution in [0.3, 0.4) is 0 Å². The van der Waals surface area contributed by atoms with Gasteiger partial charge in [0.05, 0.1) is 0 Å². The second-order valence-corrected chi connectivity index (χ2v) is 8.66. The zero-order valence-corrected chi connectivity index (χ0v) is 15.3.